The van der Waals surface area contributed by atoms with Gasteiger partial charge in [-0.3, -0.25) is 9.59 Å². The summed E-state index contributed by atoms with van der Waals surface area (Å²) in [4.78, 5) is 31.0. The van der Waals surface area contributed by atoms with E-state index in [0.717, 1.165) is 6.42 Å². The largest absolute Gasteiger partial charge is 0.351 e. The van der Waals surface area contributed by atoms with Crippen LogP contribution in [0.4, 0.5) is 4.39 Å². The molecular weight excluding hydrogens is 347 g/mol. The van der Waals surface area contributed by atoms with Crippen LogP contribution in [0.5, 0.6) is 0 Å². The van der Waals surface area contributed by atoms with Gasteiger partial charge in [0.2, 0.25) is 0 Å². The molecule has 0 aliphatic heterocycles. The molecule has 134 valence electrons. The zero-order valence-corrected chi connectivity index (χ0v) is 14.8. The average molecular weight is 367 g/mol. The van der Waals surface area contributed by atoms with E-state index in [4.69, 9.17) is 11.6 Å². The van der Waals surface area contributed by atoms with Crippen molar-refractivity contribution in [2.24, 2.45) is 5.92 Å². The van der Waals surface area contributed by atoms with Crippen LogP contribution in [0, 0.1) is 11.7 Å². The van der Waals surface area contributed by atoms with Crippen molar-refractivity contribution in [2.75, 3.05) is 6.54 Å². The molecule has 0 aliphatic carbocycles. The third-order valence-corrected chi connectivity index (χ3v) is 3.90. The standard InChI is InChI=1S/C17H20ClFN4O2/c1-10(2)5-6-20-16(24)14-15(23-9-22-14)17(25)21-8-11-3-4-12(19)7-13(11)18/h3-4,7,9-10H,5-6,8H2,1-2H3,(H,20,24)(H,21,25)(H,22,23). The third-order valence-electron chi connectivity index (χ3n) is 3.54. The number of rotatable bonds is 7. The van der Waals surface area contributed by atoms with E-state index in [2.05, 4.69) is 34.4 Å². The molecular formula is C17H20ClFN4O2. The van der Waals surface area contributed by atoms with E-state index in [1.54, 1.807) is 0 Å². The van der Waals surface area contributed by atoms with Crippen LogP contribution >= 0.6 is 11.6 Å². The van der Waals surface area contributed by atoms with Gasteiger partial charge in [0.25, 0.3) is 11.8 Å². The van der Waals surface area contributed by atoms with Gasteiger partial charge in [-0.15, -0.1) is 0 Å². The van der Waals surface area contributed by atoms with Gasteiger partial charge < -0.3 is 15.6 Å². The first-order chi connectivity index (χ1) is 11.9. The molecule has 3 N–H and O–H groups in total. The summed E-state index contributed by atoms with van der Waals surface area (Å²) in [5, 5.41) is 5.59. The van der Waals surface area contributed by atoms with E-state index in [-0.39, 0.29) is 23.0 Å². The Balaban J connectivity index is 1.98. The smallest absolute Gasteiger partial charge is 0.272 e. The van der Waals surface area contributed by atoms with Gasteiger partial charge in [0.15, 0.2) is 5.69 Å². The van der Waals surface area contributed by atoms with Crippen LogP contribution in [0.2, 0.25) is 5.02 Å². The second-order valence-corrected chi connectivity index (χ2v) is 6.39. The molecule has 1 aromatic carbocycles. The van der Waals surface area contributed by atoms with Gasteiger partial charge in [-0.25, -0.2) is 9.37 Å². The normalized spacial score (nSPS) is 10.8. The van der Waals surface area contributed by atoms with Crippen molar-refractivity contribution in [3.8, 4) is 0 Å². The highest BCUT2D eigenvalue weighted by molar-refractivity contribution is 6.31. The number of carbonyl (C=O) groups excluding carboxylic acids is 2. The van der Waals surface area contributed by atoms with Crippen LogP contribution < -0.4 is 10.6 Å². The first kappa shape index (κ1) is 18.9. The topological polar surface area (TPSA) is 86.9 Å². The highest BCUT2D eigenvalue weighted by atomic mass is 35.5. The summed E-state index contributed by atoms with van der Waals surface area (Å²) in [5.74, 6) is -0.893. The number of H-pyrrole nitrogens is 1. The number of carbonyl (C=O) groups is 2. The van der Waals surface area contributed by atoms with Crippen molar-refractivity contribution < 1.29 is 14.0 Å². The molecule has 0 radical (unpaired) electrons. The van der Waals surface area contributed by atoms with Gasteiger partial charge in [-0.2, -0.15) is 0 Å². The van der Waals surface area contributed by atoms with Crippen LogP contribution in [0.15, 0.2) is 24.5 Å². The fourth-order valence-electron chi connectivity index (χ4n) is 2.13. The average Bonchev–Trinajstić information content (AvgIpc) is 3.03. The number of benzene rings is 1. The van der Waals surface area contributed by atoms with Crippen LogP contribution in [-0.2, 0) is 6.54 Å². The summed E-state index contributed by atoms with van der Waals surface area (Å²) in [6, 6.07) is 3.93. The minimum absolute atomic E-state index is 0.0338. The molecule has 0 spiro atoms. The molecule has 2 aromatic rings. The SMILES string of the molecule is CC(C)CCNC(=O)c1nc[nH]c1C(=O)NCc1ccc(F)cc1Cl. The lowest BCUT2D eigenvalue weighted by Gasteiger charge is -2.08. The molecule has 2 amide bonds. The quantitative estimate of drug-likeness (QED) is 0.704. The maximum absolute atomic E-state index is 13.0. The highest BCUT2D eigenvalue weighted by Crippen LogP contribution is 2.17. The number of aromatic amines is 1. The van der Waals surface area contributed by atoms with Crippen molar-refractivity contribution in [2.45, 2.75) is 26.8 Å². The molecule has 25 heavy (non-hydrogen) atoms. The van der Waals surface area contributed by atoms with E-state index < -0.39 is 17.6 Å². The Kier molecular flexibility index (Phi) is 6.52. The molecule has 1 heterocycles. The van der Waals surface area contributed by atoms with Crippen molar-refractivity contribution in [3.05, 3.63) is 52.3 Å². The molecule has 1 aromatic heterocycles. The summed E-state index contributed by atoms with van der Waals surface area (Å²) in [5.41, 5.74) is 0.672. The zero-order chi connectivity index (χ0) is 18.4. The number of nitrogens with one attached hydrogen (secondary N) is 3. The second-order valence-electron chi connectivity index (χ2n) is 5.98. The Hall–Kier alpha value is -2.41. The van der Waals surface area contributed by atoms with Crippen LogP contribution in [0.1, 0.15) is 46.8 Å². The maximum atomic E-state index is 13.0. The van der Waals surface area contributed by atoms with Gasteiger partial charge in [0.05, 0.1) is 6.33 Å². The molecule has 6 nitrogen and oxygen atoms in total. The number of aromatic nitrogens is 2. The Bertz CT molecular complexity index is 761. The summed E-state index contributed by atoms with van der Waals surface area (Å²) in [6.07, 6.45) is 2.12. The molecule has 0 bridgehead atoms. The molecule has 2 rings (SSSR count). The predicted molar refractivity (Wildman–Crippen MR) is 93.0 cm³/mol. The minimum atomic E-state index is -0.494. The molecule has 0 saturated heterocycles. The fraction of sp³-hybridized carbons (Fsp3) is 0.353. The van der Waals surface area contributed by atoms with Gasteiger partial charge in [-0.05, 0) is 30.0 Å². The Morgan fingerprint density at radius 3 is 2.72 bits per heavy atom. The zero-order valence-electron chi connectivity index (χ0n) is 14.0. The monoisotopic (exact) mass is 366 g/mol. The van der Waals surface area contributed by atoms with Crippen molar-refractivity contribution in [1.29, 1.82) is 0 Å². The summed E-state index contributed by atoms with van der Waals surface area (Å²) >= 11 is 5.93. The minimum Gasteiger partial charge on any atom is -0.351 e. The molecule has 0 fully saturated rings. The van der Waals surface area contributed by atoms with Gasteiger partial charge in [0.1, 0.15) is 11.5 Å². The first-order valence-electron chi connectivity index (χ1n) is 7.92. The van der Waals surface area contributed by atoms with E-state index in [1.807, 2.05) is 0 Å². The molecule has 0 aliphatic rings. The summed E-state index contributed by atoms with van der Waals surface area (Å²) < 4.78 is 13.0. The molecule has 0 unspecified atom stereocenters. The number of amides is 2. The van der Waals surface area contributed by atoms with Crippen LogP contribution in [-0.4, -0.2) is 28.3 Å². The lowest BCUT2D eigenvalue weighted by Crippen LogP contribution is -2.30. The molecule has 0 atom stereocenters. The van der Waals surface area contributed by atoms with Crippen molar-refractivity contribution in [1.82, 2.24) is 20.6 Å². The van der Waals surface area contributed by atoms with E-state index in [9.17, 15) is 14.0 Å². The van der Waals surface area contributed by atoms with Gasteiger partial charge in [0, 0.05) is 18.1 Å². The first-order valence-corrected chi connectivity index (χ1v) is 8.30. The second kappa shape index (κ2) is 8.62. The maximum Gasteiger partial charge on any atom is 0.272 e. The predicted octanol–water partition coefficient (Wildman–Crippen LogP) is 2.91. The van der Waals surface area contributed by atoms with Crippen molar-refractivity contribution >= 4 is 23.4 Å². The third kappa shape index (κ3) is 5.29. The fourth-order valence-corrected chi connectivity index (χ4v) is 2.36. The van der Waals surface area contributed by atoms with E-state index >= 15 is 0 Å². The summed E-state index contributed by atoms with van der Waals surface area (Å²) in [7, 11) is 0. The Labute approximate surface area is 150 Å². The Morgan fingerprint density at radius 2 is 2.04 bits per heavy atom. The number of hydrogen-bond donors (Lipinski definition) is 3. The lowest BCUT2D eigenvalue weighted by atomic mass is 10.1. The Morgan fingerprint density at radius 1 is 1.28 bits per heavy atom. The van der Waals surface area contributed by atoms with E-state index in [0.29, 0.717) is 18.0 Å². The number of halogens is 2. The highest BCUT2D eigenvalue weighted by Gasteiger charge is 2.20. The van der Waals surface area contributed by atoms with Crippen LogP contribution in [0.25, 0.3) is 0 Å². The molecule has 8 heteroatoms. The lowest BCUT2D eigenvalue weighted by molar-refractivity contribution is 0.0912. The van der Waals surface area contributed by atoms with Crippen molar-refractivity contribution in [3.63, 3.8) is 0 Å². The number of nitrogens with zero attached hydrogens (tertiary/aromatic N) is 1. The number of hydrogen-bond acceptors (Lipinski definition) is 3. The van der Waals surface area contributed by atoms with Crippen LogP contribution in [0.3, 0.4) is 0 Å². The number of imidazole rings is 1. The van der Waals surface area contributed by atoms with Gasteiger partial charge in [-0.1, -0.05) is 31.5 Å². The molecule has 0 saturated carbocycles. The van der Waals surface area contributed by atoms with E-state index in [1.165, 1.54) is 24.5 Å². The summed E-state index contributed by atoms with van der Waals surface area (Å²) in [6.45, 7) is 4.72. The van der Waals surface area contributed by atoms with Gasteiger partial charge >= 0.3 is 0 Å².